The number of benzene rings is 2. The first-order valence-electron chi connectivity index (χ1n) is 9.83. The average molecular weight is 443 g/mol. The number of morpholine rings is 1. The number of rotatable bonds is 7. The van der Waals surface area contributed by atoms with Crippen molar-refractivity contribution in [2.75, 3.05) is 47.6 Å². The van der Waals surface area contributed by atoms with E-state index in [0.29, 0.717) is 60.4 Å². The van der Waals surface area contributed by atoms with E-state index in [2.05, 4.69) is 10.5 Å². The first-order valence-corrected chi connectivity index (χ1v) is 9.83. The summed E-state index contributed by atoms with van der Waals surface area (Å²) in [7, 11) is 4.43. The molecule has 1 aliphatic heterocycles. The van der Waals surface area contributed by atoms with Gasteiger partial charge in [-0.25, -0.2) is 10.2 Å². The van der Waals surface area contributed by atoms with Gasteiger partial charge in [-0.3, -0.25) is 4.79 Å². The molecular formula is C22H25N3O7. The van der Waals surface area contributed by atoms with Crippen LogP contribution in [0.4, 0.5) is 4.79 Å². The molecule has 10 heteroatoms. The van der Waals surface area contributed by atoms with E-state index in [1.807, 2.05) is 0 Å². The lowest BCUT2D eigenvalue weighted by molar-refractivity contribution is 0.0416. The summed E-state index contributed by atoms with van der Waals surface area (Å²) in [5, 5.41) is 3.97. The van der Waals surface area contributed by atoms with Gasteiger partial charge in [-0.1, -0.05) is 0 Å². The minimum atomic E-state index is -0.448. The smallest absolute Gasteiger partial charge is 0.415 e. The fourth-order valence-electron chi connectivity index (χ4n) is 2.98. The number of hydrazone groups is 1. The van der Waals surface area contributed by atoms with E-state index < -0.39 is 12.0 Å². The highest BCUT2D eigenvalue weighted by Crippen LogP contribution is 2.38. The standard InChI is InChI=1S/C22H25N3O7/c1-28-18-12-16(13-19(29-2)20(18)30-3)21(26)24-23-14-15-4-6-17(7-5-15)32-22(27)25-8-10-31-11-9-25/h4-7,12-14H,8-11H2,1-3H3,(H,24,26)/b23-14+. The first-order chi connectivity index (χ1) is 15.5. The lowest BCUT2D eigenvalue weighted by atomic mass is 10.1. The second kappa shape index (κ2) is 11.0. The Bertz CT molecular complexity index is 945. The average Bonchev–Trinajstić information content (AvgIpc) is 2.84. The first kappa shape index (κ1) is 22.9. The summed E-state index contributed by atoms with van der Waals surface area (Å²) in [6.45, 7) is 2.03. The molecule has 0 radical (unpaired) electrons. The molecule has 2 aromatic carbocycles. The zero-order chi connectivity index (χ0) is 22.9. The summed E-state index contributed by atoms with van der Waals surface area (Å²) in [6, 6.07) is 9.81. The third kappa shape index (κ3) is 5.67. The second-order valence-corrected chi connectivity index (χ2v) is 6.65. The van der Waals surface area contributed by atoms with Crippen molar-refractivity contribution in [1.29, 1.82) is 0 Å². The number of amides is 2. The van der Waals surface area contributed by atoms with Crippen molar-refractivity contribution in [3.8, 4) is 23.0 Å². The van der Waals surface area contributed by atoms with Gasteiger partial charge in [0.1, 0.15) is 5.75 Å². The maximum absolute atomic E-state index is 12.4. The van der Waals surface area contributed by atoms with Crippen molar-refractivity contribution >= 4 is 18.2 Å². The van der Waals surface area contributed by atoms with Crippen LogP contribution in [0, 0.1) is 0 Å². The van der Waals surface area contributed by atoms with Gasteiger partial charge in [-0.05, 0) is 42.0 Å². The van der Waals surface area contributed by atoms with Gasteiger partial charge in [0.15, 0.2) is 11.5 Å². The predicted molar refractivity (Wildman–Crippen MR) is 116 cm³/mol. The topological polar surface area (TPSA) is 108 Å². The molecule has 1 aliphatic rings. The molecule has 32 heavy (non-hydrogen) atoms. The van der Waals surface area contributed by atoms with Crippen LogP contribution in [0.15, 0.2) is 41.5 Å². The van der Waals surface area contributed by atoms with Crippen molar-refractivity contribution in [1.82, 2.24) is 10.3 Å². The minimum absolute atomic E-state index is 0.294. The third-order valence-corrected chi connectivity index (χ3v) is 4.66. The molecule has 0 spiro atoms. The van der Waals surface area contributed by atoms with Gasteiger partial charge in [-0.15, -0.1) is 0 Å². The quantitative estimate of drug-likeness (QED) is 0.517. The van der Waals surface area contributed by atoms with Crippen LogP contribution in [0.3, 0.4) is 0 Å². The Hall–Kier alpha value is -3.79. The number of ether oxygens (including phenoxy) is 5. The molecule has 10 nitrogen and oxygen atoms in total. The van der Waals surface area contributed by atoms with Gasteiger partial charge in [0.2, 0.25) is 5.75 Å². The Morgan fingerprint density at radius 3 is 2.19 bits per heavy atom. The monoisotopic (exact) mass is 443 g/mol. The molecule has 1 saturated heterocycles. The van der Waals surface area contributed by atoms with E-state index in [9.17, 15) is 9.59 Å². The second-order valence-electron chi connectivity index (χ2n) is 6.65. The number of nitrogens with one attached hydrogen (secondary N) is 1. The van der Waals surface area contributed by atoms with Crippen molar-refractivity contribution in [3.05, 3.63) is 47.5 Å². The van der Waals surface area contributed by atoms with Crippen LogP contribution in [0.25, 0.3) is 0 Å². The van der Waals surface area contributed by atoms with Crippen LogP contribution < -0.4 is 24.4 Å². The van der Waals surface area contributed by atoms with Gasteiger partial charge in [-0.2, -0.15) is 5.10 Å². The Balaban J connectivity index is 1.58. The van der Waals surface area contributed by atoms with Crippen molar-refractivity contribution in [2.45, 2.75) is 0 Å². The summed E-state index contributed by atoms with van der Waals surface area (Å²) in [5.41, 5.74) is 3.46. The number of hydrogen-bond donors (Lipinski definition) is 1. The molecule has 0 unspecified atom stereocenters. The Kier molecular flexibility index (Phi) is 7.87. The lowest BCUT2D eigenvalue weighted by Crippen LogP contribution is -2.42. The molecule has 3 rings (SSSR count). The van der Waals surface area contributed by atoms with Crippen LogP contribution in [0.5, 0.6) is 23.0 Å². The molecule has 0 bridgehead atoms. The highest BCUT2D eigenvalue weighted by atomic mass is 16.6. The van der Waals surface area contributed by atoms with Crippen molar-refractivity contribution in [2.24, 2.45) is 5.10 Å². The summed E-state index contributed by atoms with van der Waals surface area (Å²) in [4.78, 5) is 26.2. The molecule has 0 aliphatic carbocycles. The van der Waals surface area contributed by atoms with Crippen LogP contribution in [-0.4, -0.2) is 70.7 Å². The zero-order valence-electron chi connectivity index (χ0n) is 18.1. The SMILES string of the molecule is COc1cc(C(=O)N/N=C/c2ccc(OC(=O)N3CCOCC3)cc2)cc(OC)c1OC. The molecular weight excluding hydrogens is 418 g/mol. The van der Waals surface area contributed by atoms with E-state index in [1.165, 1.54) is 39.7 Å². The van der Waals surface area contributed by atoms with Gasteiger partial charge in [0, 0.05) is 18.7 Å². The lowest BCUT2D eigenvalue weighted by Gasteiger charge is -2.25. The Morgan fingerprint density at radius 1 is 1.00 bits per heavy atom. The van der Waals surface area contributed by atoms with Crippen LogP contribution in [0.2, 0.25) is 0 Å². The third-order valence-electron chi connectivity index (χ3n) is 4.66. The zero-order valence-corrected chi connectivity index (χ0v) is 18.1. The molecule has 1 N–H and O–H groups in total. The fourth-order valence-corrected chi connectivity index (χ4v) is 2.98. The van der Waals surface area contributed by atoms with E-state index in [4.69, 9.17) is 23.7 Å². The number of nitrogens with zero attached hydrogens (tertiary/aromatic N) is 2. The maximum atomic E-state index is 12.4. The molecule has 0 atom stereocenters. The number of hydrogen-bond acceptors (Lipinski definition) is 8. The molecule has 2 amide bonds. The predicted octanol–water partition coefficient (Wildman–Crippen LogP) is 2.31. The molecule has 1 heterocycles. The fraction of sp³-hybridized carbons (Fsp3) is 0.318. The minimum Gasteiger partial charge on any atom is -0.493 e. The Morgan fingerprint density at radius 2 is 1.62 bits per heavy atom. The summed E-state index contributed by atoms with van der Waals surface area (Å²) >= 11 is 0. The maximum Gasteiger partial charge on any atom is 0.415 e. The largest absolute Gasteiger partial charge is 0.493 e. The summed E-state index contributed by atoms with van der Waals surface area (Å²) in [5.74, 6) is 1.09. The highest BCUT2D eigenvalue weighted by molar-refractivity contribution is 5.96. The van der Waals surface area contributed by atoms with Crippen LogP contribution in [-0.2, 0) is 4.74 Å². The van der Waals surface area contributed by atoms with Crippen molar-refractivity contribution < 1.29 is 33.3 Å². The van der Waals surface area contributed by atoms with Crippen LogP contribution >= 0.6 is 0 Å². The number of carbonyl (C=O) groups excluding carboxylic acids is 2. The van der Waals surface area contributed by atoms with Crippen LogP contribution in [0.1, 0.15) is 15.9 Å². The highest BCUT2D eigenvalue weighted by Gasteiger charge is 2.19. The number of carbonyl (C=O) groups is 2. The van der Waals surface area contributed by atoms with Crippen molar-refractivity contribution in [3.63, 3.8) is 0 Å². The molecule has 0 aromatic heterocycles. The molecule has 0 saturated carbocycles. The Labute approximate surface area is 185 Å². The van der Waals surface area contributed by atoms with Gasteiger partial charge < -0.3 is 28.6 Å². The molecule has 170 valence electrons. The van der Waals surface area contributed by atoms with E-state index in [1.54, 1.807) is 29.2 Å². The van der Waals surface area contributed by atoms with Gasteiger partial charge in [0.25, 0.3) is 5.91 Å². The van der Waals surface area contributed by atoms with E-state index >= 15 is 0 Å². The molecule has 1 fully saturated rings. The van der Waals surface area contributed by atoms with Gasteiger partial charge >= 0.3 is 6.09 Å². The summed E-state index contributed by atoms with van der Waals surface area (Å²) in [6.07, 6.45) is 1.07. The number of methoxy groups -OCH3 is 3. The normalized spacial score (nSPS) is 13.5. The molecule has 2 aromatic rings. The summed E-state index contributed by atoms with van der Waals surface area (Å²) < 4.78 is 26.3. The van der Waals surface area contributed by atoms with Gasteiger partial charge in [0.05, 0.1) is 40.8 Å². The van der Waals surface area contributed by atoms with E-state index in [-0.39, 0.29) is 0 Å². The van der Waals surface area contributed by atoms with E-state index in [0.717, 1.165) is 0 Å².